The van der Waals surface area contributed by atoms with Gasteiger partial charge in [-0.1, -0.05) is 0 Å². The number of ether oxygens (including phenoxy) is 3. The van der Waals surface area contributed by atoms with Crippen molar-refractivity contribution in [2.45, 2.75) is 59.7 Å². The molecule has 0 aliphatic rings. The molecule has 2 amide bonds. The Morgan fingerprint density at radius 2 is 1.19 bits per heavy atom. The highest BCUT2D eigenvalue weighted by Gasteiger charge is 2.17. The number of hydrogen-bond acceptors (Lipinski definition) is 7. The highest BCUT2D eigenvalue weighted by Crippen LogP contribution is 2.07. The molecular formula is C17H33N3O6. The second-order valence-electron chi connectivity index (χ2n) is 7.74. The standard InChI is InChI=1S/C17H33N3O6/c1-13(21)24-12-20(10-8-18-14(22)25-16(2,3)4)11-9-19-15(23)26-17(5,6)7/h8-12H2,1-7H3,(H,18,22)(H,19,23). The minimum atomic E-state index is -0.571. The summed E-state index contributed by atoms with van der Waals surface area (Å²) in [5, 5.41) is 5.26. The molecule has 0 aliphatic heterocycles. The van der Waals surface area contributed by atoms with E-state index in [9.17, 15) is 14.4 Å². The van der Waals surface area contributed by atoms with Crippen molar-refractivity contribution in [1.82, 2.24) is 15.5 Å². The van der Waals surface area contributed by atoms with Gasteiger partial charge in [0.2, 0.25) is 0 Å². The van der Waals surface area contributed by atoms with Crippen molar-refractivity contribution in [3.8, 4) is 0 Å². The number of carbonyl (C=O) groups is 3. The first-order valence-corrected chi connectivity index (χ1v) is 8.58. The number of nitrogens with zero attached hydrogens (tertiary/aromatic N) is 1. The maximum absolute atomic E-state index is 11.6. The predicted octanol–water partition coefficient (Wildman–Crippen LogP) is 1.86. The number of nitrogens with one attached hydrogen (secondary N) is 2. The molecular weight excluding hydrogens is 342 g/mol. The van der Waals surface area contributed by atoms with Gasteiger partial charge in [-0.15, -0.1) is 0 Å². The van der Waals surface area contributed by atoms with E-state index in [0.717, 1.165) is 0 Å². The van der Waals surface area contributed by atoms with E-state index in [2.05, 4.69) is 10.6 Å². The van der Waals surface area contributed by atoms with E-state index in [1.54, 1.807) is 46.4 Å². The van der Waals surface area contributed by atoms with Gasteiger partial charge in [-0.2, -0.15) is 0 Å². The Morgan fingerprint density at radius 3 is 1.50 bits per heavy atom. The Balaban J connectivity index is 4.29. The molecule has 9 heteroatoms. The number of amides is 2. The van der Waals surface area contributed by atoms with Gasteiger partial charge < -0.3 is 24.8 Å². The first kappa shape index (κ1) is 24.0. The number of carbonyl (C=O) groups excluding carboxylic acids is 3. The van der Waals surface area contributed by atoms with E-state index in [-0.39, 0.29) is 6.73 Å². The molecule has 0 radical (unpaired) electrons. The zero-order valence-electron chi connectivity index (χ0n) is 16.9. The maximum Gasteiger partial charge on any atom is 0.407 e. The van der Waals surface area contributed by atoms with Crippen molar-refractivity contribution < 1.29 is 28.6 Å². The SMILES string of the molecule is CC(=O)OCN(CCNC(=O)OC(C)(C)C)CCNC(=O)OC(C)(C)C. The van der Waals surface area contributed by atoms with Gasteiger partial charge in [0.25, 0.3) is 0 Å². The third kappa shape index (κ3) is 15.5. The fourth-order valence-electron chi connectivity index (χ4n) is 1.68. The van der Waals surface area contributed by atoms with Gasteiger partial charge in [-0.3, -0.25) is 9.69 Å². The topological polar surface area (TPSA) is 106 Å². The molecule has 0 saturated heterocycles. The summed E-state index contributed by atoms with van der Waals surface area (Å²) in [6.07, 6.45) is -1.03. The van der Waals surface area contributed by atoms with Crippen molar-refractivity contribution in [1.29, 1.82) is 0 Å². The molecule has 0 aromatic heterocycles. The summed E-state index contributed by atoms with van der Waals surface area (Å²) in [5.74, 6) is -0.407. The lowest BCUT2D eigenvalue weighted by atomic mass is 10.2. The van der Waals surface area contributed by atoms with Gasteiger partial charge in [0, 0.05) is 33.1 Å². The smallest absolute Gasteiger partial charge is 0.407 e. The Hall–Kier alpha value is -2.03. The first-order valence-electron chi connectivity index (χ1n) is 8.58. The summed E-state index contributed by atoms with van der Waals surface area (Å²) in [5.41, 5.74) is -1.14. The molecule has 0 spiro atoms. The van der Waals surface area contributed by atoms with Crippen LogP contribution in [0, 0.1) is 0 Å². The van der Waals surface area contributed by atoms with Crippen LogP contribution in [0.5, 0.6) is 0 Å². The van der Waals surface area contributed by atoms with E-state index >= 15 is 0 Å². The molecule has 0 heterocycles. The Labute approximate surface area is 155 Å². The van der Waals surface area contributed by atoms with Crippen molar-refractivity contribution >= 4 is 18.2 Å². The lowest BCUT2D eigenvalue weighted by Gasteiger charge is -2.24. The molecule has 2 N–H and O–H groups in total. The predicted molar refractivity (Wildman–Crippen MR) is 96.7 cm³/mol. The fraction of sp³-hybridized carbons (Fsp3) is 0.824. The second kappa shape index (κ2) is 10.8. The normalized spacial score (nSPS) is 11.7. The van der Waals surface area contributed by atoms with E-state index < -0.39 is 29.4 Å². The lowest BCUT2D eigenvalue weighted by Crippen LogP contribution is -2.42. The van der Waals surface area contributed by atoms with Gasteiger partial charge in [-0.05, 0) is 41.5 Å². The minimum Gasteiger partial charge on any atom is -0.450 e. The van der Waals surface area contributed by atoms with Crippen LogP contribution in [0.2, 0.25) is 0 Å². The van der Waals surface area contributed by atoms with Crippen molar-refractivity contribution in [2.75, 3.05) is 32.9 Å². The van der Waals surface area contributed by atoms with E-state index in [1.165, 1.54) is 6.92 Å². The number of alkyl carbamates (subject to hydrolysis) is 2. The summed E-state index contributed by atoms with van der Waals surface area (Å²) in [6, 6.07) is 0. The maximum atomic E-state index is 11.6. The minimum absolute atomic E-state index is 0.0569. The third-order valence-electron chi connectivity index (χ3n) is 2.64. The van der Waals surface area contributed by atoms with Gasteiger partial charge in [0.1, 0.15) is 17.9 Å². The van der Waals surface area contributed by atoms with Gasteiger partial charge in [0.05, 0.1) is 0 Å². The van der Waals surface area contributed by atoms with Crippen LogP contribution in [-0.2, 0) is 19.0 Å². The van der Waals surface area contributed by atoms with Gasteiger partial charge in [-0.25, -0.2) is 9.59 Å². The van der Waals surface area contributed by atoms with Crippen LogP contribution in [0.15, 0.2) is 0 Å². The van der Waals surface area contributed by atoms with Gasteiger partial charge in [0.15, 0.2) is 0 Å². The monoisotopic (exact) mass is 375 g/mol. The van der Waals surface area contributed by atoms with Crippen LogP contribution in [0.1, 0.15) is 48.5 Å². The van der Waals surface area contributed by atoms with Crippen molar-refractivity contribution in [3.05, 3.63) is 0 Å². The molecule has 0 rings (SSSR count). The summed E-state index contributed by atoms with van der Waals surface area (Å²) >= 11 is 0. The molecule has 0 aromatic carbocycles. The van der Waals surface area contributed by atoms with E-state index in [1.807, 2.05) is 0 Å². The molecule has 0 fully saturated rings. The van der Waals surface area contributed by atoms with Gasteiger partial charge >= 0.3 is 18.2 Å². The van der Waals surface area contributed by atoms with E-state index in [4.69, 9.17) is 14.2 Å². The molecule has 0 aliphatic carbocycles. The molecule has 152 valence electrons. The highest BCUT2D eigenvalue weighted by molar-refractivity contribution is 5.68. The average Bonchev–Trinajstić information content (AvgIpc) is 2.39. The summed E-state index contributed by atoms with van der Waals surface area (Å²) < 4.78 is 15.3. The molecule has 0 unspecified atom stereocenters. The Morgan fingerprint density at radius 1 is 0.808 bits per heavy atom. The first-order chi connectivity index (χ1) is 11.8. The zero-order chi connectivity index (χ0) is 20.4. The molecule has 0 saturated carbocycles. The largest absolute Gasteiger partial charge is 0.450 e. The third-order valence-corrected chi connectivity index (χ3v) is 2.64. The number of esters is 1. The summed E-state index contributed by atoms with van der Waals surface area (Å²) in [7, 11) is 0. The van der Waals surface area contributed by atoms with Crippen molar-refractivity contribution in [2.24, 2.45) is 0 Å². The second-order valence-corrected chi connectivity index (χ2v) is 7.74. The van der Waals surface area contributed by atoms with Crippen LogP contribution in [0.3, 0.4) is 0 Å². The quantitative estimate of drug-likeness (QED) is 0.379. The highest BCUT2D eigenvalue weighted by atomic mass is 16.6. The zero-order valence-corrected chi connectivity index (χ0v) is 16.9. The van der Waals surface area contributed by atoms with Crippen LogP contribution >= 0.6 is 0 Å². The summed E-state index contributed by atoms with van der Waals surface area (Å²) in [4.78, 5) is 36.0. The fourth-order valence-corrected chi connectivity index (χ4v) is 1.68. The molecule has 26 heavy (non-hydrogen) atoms. The van der Waals surface area contributed by atoms with Crippen LogP contribution < -0.4 is 10.6 Å². The lowest BCUT2D eigenvalue weighted by molar-refractivity contribution is -0.145. The van der Waals surface area contributed by atoms with E-state index in [0.29, 0.717) is 26.2 Å². The van der Waals surface area contributed by atoms with Crippen LogP contribution in [0.4, 0.5) is 9.59 Å². The summed E-state index contributed by atoms with van der Waals surface area (Å²) in [6.45, 7) is 13.5. The van der Waals surface area contributed by atoms with Crippen LogP contribution in [0.25, 0.3) is 0 Å². The molecule has 0 aromatic rings. The number of rotatable bonds is 8. The average molecular weight is 375 g/mol. The Kier molecular flexibility index (Phi) is 10.0. The van der Waals surface area contributed by atoms with Crippen molar-refractivity contribution in [3.63, 3.8) is 0 Å². The number of hydrogen-bond donors (Lipinski definition) is 2. The van der Waals surface area contributed by atoms with Crippen LogP contribution in [-0.4, -0.2) is 67.2 Å². The molecule has 0 atom stereocenters. The Bertz CT molecular complexity index is 434. The molecule has 0 bridgehead atoms. The molecule has 9 nitrogen and oxygen atoms in total.